The van der Waals surface area contributed by atoms with Crippen LogP contribution in [0.5, 0.6) is 0 Å². The SMILES string of the molecule is Cc1nn(C)cc1CNC(=O)N1CCC[C@@H](C(=O)O)C1. The molecular formula is C13H20N4O3. The molecule has 1 aliphatic heterocycles. The van der Waals surface area contributed by atoms with Gasteiger partial charge in [-0.2, -0.15) is 5.10 Å². The van der Waals surface area contributed by atoms with Gasteiger partial charge in [0, 0.05) is 38.4 Å². The van der Waals surface area contributed by atoms with E-state index in [1.807, 2.05) is 20.2 Å². The molecule has 1 aliphatic rings. The van der Waals surface area contributed by atoms with Gasteiger partial charge in [0.25, 0.3) is 0 Å². The van der Waals surface area contributed by atoms with E-state index in [0.717, 1.165) is 17.7 Å². The van der Waals surface area contributed by atoms with E-state index < -0.39 is 11.9 Å². The lowest BCUT2D eigenvalue weighted by molar-refractivity contribution is -0.143. The van der Waals surface area contributed by atoms with Gasteiger partial charge < -0.3 is 15.3 Å². The Morgan fingerprint density at radius 1 is 1.55 bits per heavy atom. The first kappa shape index (κ1) is 14.4. The average molecular weight is 280 g/mol. The number of carbonyl (C=O) groups is 2. The van der Waals surface area contributed by atoms with E-state index in [4.69, 9.17) is 5.11 Å². The number of carboxylic acid groups (broad SMARTS) is 1. The van der Waals surface area contributed by atoms with Crippen LogP contribution in [0, 0.1) is 12.8 Å². The van der Waals surface area contributed by atoms with Crippen LogP contribution in [0.4, 0.5) is 4.79 Å². The fraction of sp³-hybridized carbons (Fsp3) is 0.615. The zero-order valence-corrected chi connectivity index (χ0v) is 11.8. The summed E-state index contributed by atoms with van der Waals surface area (Å²) in [7, 11) is 1.83. The Hall–Kier alpha value is -2.05. The van der Waals surface area contributed by atoms with Crippen LogP contribution in [-0.2, 0) is 18.4 Å². The Morgan fingerprint density at radius 3 is 2.90 bits per heavy atom. The minimum atomic E-state index is -0.828. The summed E-state index contributed by atoms with van der Waals surface area (Å²) >= 11 is 0. The topological polar surface area (TPSA) is 87.5 Å². The molecule has 1 atom stereocenters. The van der Waals surface area contributed by atoms with Crippen molar-refractivity contribution >= 4 is 12.0 Å². The normalized spacial score (nSPS) is 18.9. The highest BCUT2D eigenvalue weighted by atomic mass is 16.4. The number of amides is 2. The molecule has 110 valence electrons. The summed E-state index contributed by atoms with van der Waals surface area (Å²) in [5.41, 5.74) is 1.85. The Labute approximate surface area is 117 Å². The molecule has 0 aromatic carbocycles. The number of likely N-dealkylation sites (tertiary alicyclic amines) is 1. The second-order valence-corrected chi connectivity index (χ2v) is 5.20. The maximum absolute atomic E-state index is 12.1. The summed E-state index contributed by atoms with van der Waals surface area (Å²) in [6.45, 7) is 3.20. The Morgan fingerprint density at radius 2 is 2.30 bits per heavy atom. The Bertz CT molecular complexity index is 512. The molecule has 0 radical (unpaired) electrons. The second kappa shape index (κ2) is 5.94. The standard InChI is InChI=1S/C13H20N4O3/c1-9-11(7-16(2)15-9)6-14-13(20)17-5-3-4-10(8-17)12(18)19/h7,10H,3-6,8H2,1-2H3,(H,14,20)(H,18,19)/t10-/m1/s1. The molecule has 0 bridgehead atoms. The summed E-state index contributed by atoms with van der Waals surface area (Å²) in [5.74, 6) is -1.28. The van der Waals surface area contributed by atoms with Crippen molar-refractivity contribution in [2.45, 2.75) is 26.3 Å². The van der Waals surface area contributed by atoms with Gasteiger partial charge in [-0.3, -0.25) is 9.48 Å². The maximum atomic E-state index is 12.1. The number of piperidine rings is 1. The van der Waals surface area contributed by atoms with Gasteiger partial charge in [-0.25, -0.2) is 4.79 Å². The zero-order chi connectivity index (χ0) is 14.7. The van der Waals surface area contributed by atoms with Crippen LogP contribution < -0.4 is 5.32 Å². The van der Waals surface area contributed by atoms with Crippen LogP contribution in [0.25, 0.3) is 0 Å². The zero-order valence-electron chi connectivity index (χ0n) is 11.8. The van der Waals surface area contributed by atoms with Crippen molar-refractivity contribution < 1.29 is 14.7 Å². The molecule has 2 rings (SSSR count). The number of aliphatic carboxylic acids is 1. The fourth-order valence-corrected chi connectivity index (χ4v) is 2.47. The predicted molar refractivity (Wildman–Crippen MR) is 72.1 cm³/mol. The van der Waals surface area contributed by atoms with Gasteiger partial charge in [0.15, 0.2) is 0 Å². The van der Waals surface area contributed by atoms with E-state index in [-0.39, 0.29) is 12.6 Å². The fourth-order valence-electron chi connectivity index (χ4n) is 2.47. The monoisotopic (exact) mass is 280 g/mol. The first-order chi connectivity index (χ1) is 9.47. The van der Waals surface area contributed by atoms with Crippen molar-refractivity contribution in [3.63, 3.8) is 0 Å². The molecule has 2 N–H and O–H groups in total. The van der Waals surface area contributed by atoms with Crippen molar-refractivity contribution in [2.75, 3.05) is 13.1 Å². The number of carbonyl (C=O) groups excluding carboxylic acids is 1. The van der Waals surface area contributed by atoms with Gasteiger partial charge in [0.1, 0.15) is 0 Å². The van der Waals surface area contributed by atoms with Crippen LogP contribution >= 0.6 is 0 Å². The lowest BCUT2D eigenvalue weighted by Crippen LogP contribution is -2.46. The predicted octanol–water partition coefficient (Wildman–Crippen LogP) is 0.735. The third-order valence-electron chi connectivity index (χ3n) is 3.60. The van der Waals surface area contributed by atoms with Gasteiger partial charge in [-0.1, -0.05) is 0 Å². The van der Waals surface area contributed by atoms with E-state index in [1.54, 1.807) is 9.58 Å². The minimum absolute atomic E-state index is 0.209. The highest BCUT2D eigenvalue weighted by Crippen LogP contribution is 2.16. The molecule has 1 fully saturated rings. The number of aromatic nitrogens is 2. The van der Waals surface area contributed by atoms with Gasteiger partial charge in [-0.05, 0) is 19.8 Å². The number of nitrogens with zero attached hydrogens (tertiary/aromatic N) is 3. The third kappa shape index (κ3) is 3.28. The van der Waals surface area contributed by atoms with Crippen molar-refractivity contribution in [1.29, 1.82) is 0 Å². The summed E-state index contributed by atoms with van der Waals surface area (Å²) in [6.07, 6.45) is 3.24. The van der Waals surface area contributed by atoms with E-state index in [1.165, 1.54) is 0 Å². The molecule has 20 heavy (non-hydrogen) atoms. The molecule has 7 heteroatoms. The molecule has 0 unspecified atom stereocenters. The number of urea groups is 1. The Kier molecular flexibility index (Phi) is 4.26. The van der Waals surface area contributed by atoms with Crippen molar-refractivity contribution in [2.24, 2.45) is 13.0 Å². The first-order valence-electron chi connectivity index (χ1n) is 6.72. The van der Waals surface area contributed by atoms with Crippen LogP contribution in [0.1, 0.15) is 24.1 Å². The molecule has 0 spiro atoms. The average Bonchev–Trinajstić information content (AvgIpc) is 2.74. The van der Waals surface area contributed by atoms with Gasteiger partial charge >= 0.3 is 12.0 Å². The second-order valence-electron chi connectivity index (χ2n) is 5.20. The summed E-state index contributed by atoms with van der Waals surface area (Å²) in [6, 6.07) is -0.209. The molecule has 2 heterocycles. The van der Waals surface area contributed by atoms with Crippen molar-refractivity contribution in [3.05, 3.63) is 17.5 Å². The molecular weight excluding hydrogens is 260 g/mol. The highest BCUT2D eigenvalue weighted by molar-refractivity contribution is 5.76. The van der Waals surface area contributed by atoms with Gasteiger partial charge in [0.2, 0.25) is 0 Å². The lowest BCUT2D eigenvalue weighted by atomic mass is 9.99. The summed E-state index contributed by atoms with van der Waals surface area (Å²) in [4.78, 5) is 24.6. The quantitative estimate of drug-likeness (QED) is 0.854. The summed E-state index contributed by atoms with van der Waals surface area (Å²) in [5, 5.41) is 16.0. The number of nitrogens with one attached hydrogen (secondary N) is 1. The molecule has 0 saturated carbocycles. The highest BCUT2D eigenvalue weighted by Gasteiger charge is 2.27. The first-order valence-corrected chi connectivity index (χ1v) is 6.72. The van der Waals surface area contributed by atoms with E-state index in [9.17, 15) is 9.59 Å². The van der Waals surface area contributed by atoms with E-state index in [2.05, 4.69) is 10.4 Å². The Balaban J connectivity index is 1.88. The van der Waals surface area contributed by atoms with E-state index >= 15 is 0 Å². The van der Waals surface area contributed by atoms with Crippen LogP contribution in [0.3, 0.4) is 0 Å². The van der Waals surface area contributed by atoms with Crippen molar-refractivity contribution in [3.8, 4) is 0 Å². The summed E-state index contributed by atoms with van der Waals surface area (Å²) < 4.78 is 1.71. The lowest BCUT2D eigenvalue weighted by Gasteiger charge is -2.30. The number of rotatable bonds is 3. The van der Waals surface area contributed by atoms with Crippen LogP contribution in [0.15, 0.2) is 6.20 Å². The smallest absolute Gasteiger partial charge is 0.317 e. The number of aryl methyl sites for hydroxylation is 2. The van der Waals surface area contributed by atoms with Gasteiger partial charge in [-0.15, -0.1) is 0 Å². The number of hydrogen-bond donors (Lipinski definition) is 2. The van der Waals surface area contributed by atoms with Crippen LogP contribution in [-0.4, -0.2) is 44.9 Å². The number of hydrogen-bond acceptors (Lipinski definition) is 3. The van der Waals surface area contributed by atoms with Crippen molar-refractivity contribution in [1.82, 2.24) is 20.0 Å². The molecule has 1 saturated heterocycles. The molecule has 2 amide bonds. The maximum Gasteiger partial charge on any atom is 0.317 e. The van der Waals surface area contributed by atoms with Crippen LogP contribution in [0.2, 0.25) is 0 Å². The number of carboxylic acids is 1. The molecule has 0 aliphatic carbocycles. The largest absolute Gasteiger partial charge is 0.481 e. The molecule has 7 nitrogen and oxygen atoms in total. The third-order valence-corrected chi connectivity index (χ3v) is 3.60. The molecule has 1 aromatic heterocycles. The molecule has 1 aromatic rings. The van der Waals surface area contributed by atoms with Gasteiger partial charge in [0.05, 0.1) is 11.6 Å². The van der Waals surface area contributed by atoms with E-state index in [0.29, 0.717) is 19.5 Å². The minimum Gasteiger partial charge on any atom is -0.481 e.